The molecule has 1 saturated heterocycles. The number of aromatic nitrogens is 3. The van der Waals surface area contributed by atoms with Crippen LogP contribution in [0.1, 0.15) is 6.23 Å². The van der Waals surface area contributed by atoms with E-state index in [9.17, 15) is 23.8 Å². The third-order valence-electron chi connectivity index (χ3n) is 3.88. The summed E-state index contributed by atoms with van der Waals surface area (Å²) in [6.45, 7) is -1.65. The third-order valence-corrected chi connectivity index (χ3v) is 4.38. The summed E-state index contributed by atoms with van der Waals surface area (Å²) in [5.41, 5.74) is 4.48. The van der Waals surface area contributed by atoms with Gasteiger partial charge in [-0.2, -0.15) is 4.98 Å². The van der Waals surface area contributed by atoms with Gasteiger partial charge in [-0.3, -0.25) is 14.3 Å². The van der Waals surface area contributed by atoms with Crippen molar-refractivity contribution < 1.29 is 23.7 Å². The van der Waals surface area contributed by atoms with Gasteiger partial charge in [0.1, 0.15) is 24.3 Å². The third kappa shape index (κ3) is 2.65. The molecule has 11 heteroatoms. The Bertz CT molecular complexity index is 937. The first-order valence-corrected chi connectivity index (χ1v) is 7.46. The number of alkyl halides is 2. The second kappa shape index (κ2) is 6.27. The molecule has 2 aromatic rings. The van der Waals surface area contributed by atoms with Crippen LogP contribution in [-0.2, 0) is 4.74 Å². The molecule has 8 nitrogen and oxygen atoms in total. The van der Waals surface area contributed by atoms with Gasteiger partial charge in [-0.05, 0) is 0 Å². The number of fused-ring (bicyclic) bond motifs is 1. The monoisotopic (exact) mass is 374 g/mol. The van der Waals surface area contributed by atoms with E-state index in [0.717, 1.165) is 10.8 Å². The van der Waals surface area contributed by atoms with Gasteiger partial charge in [-0.1, -0.05) is 23.4 Å². The van der Waals surface area contributed by atoms with E-state index in [1.165, 1.54) is 0 Å². The van der Waals surface area contributed by atoms with E-state index in [-0.39, 0.29) is 11.6 Å². The SMILES string of the molecule is Nc1nc2c(c(F)cn2[C@@H]2O[C@H](CO)C(O)[C@]2(Cl)C#CCF)c(=O)[nH]1. The molecule has 0 aliphatic carbocycles. The molecule has 0 amide bonds. The number of aliphatic hydroxyl groups is 2. The van der Waals surface area contributed by atoms with Crippen LogP contribution >= 0.6 is 11.6 Å². The van der Waals surface area contributed by atoms with Crippen molar-refractivity contribution in [3.05, 3.63) is 22.4 Å². The summed E-state index contributed by atoms with van der Waals surface area (Å²) < 4.78 is 33.2. The highest BCUT2D eigenvalue weighted by Crippen LogP contribution is 2.44. The zero-order valence-corrected chi connectivity index (χ0v) is 13.3. The lowest BCUT2D eigenvalue weighted by Crippen LogP contribution is -2.41. The van der Waals surface area contributed by atoms with Crippen molar-refractivity contribution in [2.45, 2.75) is 23.3 Å². The predicted molar refractivity (Wildman–Crippen MR) is 84.1 cm³/mol. The lowest BCUT2D eigenvalue weighted by molar-refractivity contribution is -0.0436. The molecule has 1 unspecified atom stereocenters. The molecule has 0 radical (unpaired) electrons. The number of aliphatic hydroxyl groups excluding tert-OH is 2. The minimum absolute atomic E-state index is 0.193. The van der Waals surface area contributed by atoms with Crippen LogP contribution in [0.25, 0.3) is 11.0 Å². The average molecular weight is 375 g/mol. The Balaban J connectivity index is 2.23. The van der Waals surface area contributed by atoms with Crippen molar-refractivity contribution in [3.63, 3.8) is 0 Å². The number of ether oxygens (including phenoxy) is 1. The number of halogens is 3. The summed E-state index contributed by atoms with van der Waals surface area (Å²) >= 11 is 6.35. The average Bonchev–Trinajstić information content (AvgIpc) is 3.01. The van der Waals surface area contributed by atoms with Gasteiger partial charge in [-0.15, -0.1) is 0 Å². The molecular weight excluding hydrogens is 362 g/mol. The number of hydrogen-bond acceptors (Lipinski definition) is 6. The topological polar surface area (TPSA) is 126 Å². The predicted octanol–water partition coefficient (Wildman–Crippen LogP) is -0.353. The first kappa shape index (κ1) is 17.6. The maximum atomic E-state index is 14.2. The van der Waals surface area contributed by atoms with E-state index in [4.69, 9.17) is 22.1 Å². The van der Waals surface area contributed by atoms with Crippen LogP contribution in [0.15, 0.2) is 11.0 Å². The number of nitrogens with zero attached hydrogens (tertiary/aromatic N) is 2. The van der Waals surface area contributed by atoms with Crippen molar-refractivity contribution in [1.29, 1.82) is 0 Å². The highest BCUT2D eigenvalue weighted by molar-refractivity contribution is 6.27. The van der Waals surface area contributed by atoms with Crippen LogP contribution in [0.5, 0.6) is 0 Å². The fraction of sp³-hybridized carbons (Fsp3) is 0.429. The Morgan fingerprint density at radius 2 is 2.32 bits per heavy atom. The summed E-state index contributed by atoms with van der Waals surface area (Å²) in [4.78, 5) is 16.0. The maximum Gasteiger partial charge on any atom is 0.264 e. The van der Waals surface area contributed by atoms with Crippen LogP contribution in [0.2, 0.25) is 0 Å². The van der Waals surface area contributed by atoms with Gasteiger partial charge >= 0.3 is 0 Å². The van der Waals surface area contributed by atoms with Crippen LogP contribution in [-0.4, -0.2) is 55.1 Å². The van der Waals surface area contributed by atoms with Crippen molar-refractivity contribution in [2.24, 2.45) is 0 Å². The molecule has 0 spiro atoms. The molecule has 1 aliphatic rings. The van der Waals surface area contributed by atoms with Gasteiger partial charge < -0.3 is 20.7 Å². The fourth-order valence-corrected chi connectivity index (χ4v) is 3.14. The standard InChI is InChI=1S/C14H13ClF2N4O4/c15-14(2-1-3-16)9(23)7(5-22)25-12(14)21-4-6(17)8-10(21)19-13(18)20-11(8)24/h4,7,9,12,22-23H,3,5H2,(H3,18,19,20,24)/t7-,9?,12-,14-/m1/s1. The van der Waals surface area contributed by atoms with Crippen LogP contribution in [0.3, 0.4) is 0 Å². The molecular formula is C14H13ClF2N4O4. The molecule has 0 bridgehead atoms. The van der Waals surface area contributed by atoms with Gasteiger partial charge in [0.25, 0.3) is 5.56 Å². The minimum Gasteiger partial charge on any atom is -0.394 e. The summed E-state index contributed by atoms with van der Waals surface area (Å²) in [5, 5.41) is 19.2. The second-order valence-electron chi connectivity index (χ2n) is 5.39. The van der Waals surface area contributed by atoms with Crippen LogP contribution < -0.4 is 11.3 Å². The highest BCUT2D eigenvalue weighted by atomic mass is 35.5. The molecule has 2 aromatic heterocycles. The van der Waals surface area contributed by atoms with Crippen LogP contribution in [0.4, 0.5) is 14.7 Å². The second-order valence-corrected chi connectivity index (χ2v) is 6.02. The van der Waals surface area contributed by atoms with E-state index in [0.29, 0.717) is 0 Å². The number of aromatic amines is 1. The molecule has 3 heterocycles. The Hall–Kier alpha value is -2.19. The van der Waals surface area contributed by atoms with Crippen molar-refractivity contribution >= 4 is 28.6 Å². The summed E-state index contributed by atoms with van der Waals surface area (Å²) in [6, 6.07) is 0. The molecule has 0 aromatic carbocycles. The number of nitrogen functional groups attached to an aromatic ring is 1. The van der Waals surface area contributed by atoms with E-state index in [1.54, 1.807) is 0 Å². The number of nitrogens with one attached hydrogen (secondary N) is 1. The lowest BCUT2D eigenvalue weighted by Gasteiger charge is -2.25. The number of rotatable bonds is 2. The molecule has 25 heavy (non-hydrogen) atoms. The minimum atomic E-state index is -1.91. The van der Waals surface area contributed by atoms with Gasteiger partial charge in [0.2, 0.25) is 5.95 Å². The summed E-state index contributed by atoms with van der Waals surface area (Å²) in [5.74, 6) is 3.23. The van der Waals surface area contributed by atoms with Gasteiger partial charge in [0.15, 0.2) is 22.6 Å². The van der Waals surface area contributed by atoms with E-state index in [1.807, 2.05) is 0 Å². The van der Waals surface area contributed by atoms with Gasteiger partial charge in [0.05, 0.1) is 6.61 Å². The highest BCUT2D eigenvalue weighted by Gasteiger charge is 2.56. The smallest absolute Gasteiger partial charge is 0.264 e. The van der Waals surface area contributed by atoms with Crippen LogP contribution in [0, 0.1) is 17.7 Å². The molecule has 1 aliphatic heterocycles. The zero-order chi connectivity index (χ0) is 18.4. The first-order valence-electron chi connectivity index (χ1n) is 7.08. The number of hydrogen-bond donors (Lipinski definition) is 4. The van der Waals surface area contributed by atoms with Gasteiger partial charge in [0, 0.05) is 6.20 Å². The lowest BCUT2D eigenvalue weighted by atomic mass is 9.99. The van der Waals surface area contributed by atoms with Crippen molar-refractivity contribution in [1.82, 2.24) is 14.5 Å². The maximum absolute atomic E-state index is 14.2. The Kier molecular flexibility index (Phi) is 4.42. The van der Waals surface area contributed by atoms with Gasteiger partial charge in [-0.25, -0.2) is 8.78 Å². The molecule has 1 fully saturated rings. The van der Waals surface area contributed by atoms with E-state index in [2.05, 4.69) is 21.8 Å². The van der Waals surface area contributed by atoms with Crippen molar-refractivity contribution in [2.75, 3.05) is 19.0 Å². The molecule has 5 N–H and O–H groups in total. The fourth-order valence-electron chi connectivity index (χ4n) is 2.78. The molecule has 134 valence electrons. The summed E-state index contributed by atoms with van der Waals surface area (Å²) in [6.07, 6.45) is -3.14. The van der Waals surface area contributed by atoms with E-state index < -0.39 is 53.4 Å². The molecule has 4 atom stereocenters. The quantitative estimate of drug-likeness (QED) is 0.420. The zero-order valence-electron chi connectivity index (χ0n) is 12.5. The molecule has 0 saturated carbocycles. The van der Waals surface area contributed by atoms with E-state index >= 15 is 0 Å². The first-order chi connectivity index (χ1) is 11.8. The largest absolute Gasteiger partial charge is 0.394 e. The number of anilines is 1. The normalized spacial score (nSPS) is 28.9. The Labute approximate surface area is 144 Å². The Morgan fingerprint density at radius 3 is 2.96 bits per heavy atom. The number of H-pyrrole nitrogens is 1. The number of nitrogens with two attached hydrogens (primary N) is 1. The molecule has 3 rings (SSSR count). The Morgan fingerprint density at radius 1 is 1.60 bits per heavy atom. The van der Waals surface area contributed by atoms with Crippen molar-refractivity contribution in [3.8, 4) is 11.8 Å². The summed E-state index contributed by atoms with van der Waals surface area (Å²) in [7, 11) is 0.